The Hall–Kier alpha value is -3.74. The van der Waals surface area contributed by atoms with Crippen molar-refractivity contribution in [3.63, 3.8) is 0 Å². The van der Waals surface area contributed by atoms with Gasteiger partial charge in [0.2, 0.25) is 11.7 Å². The van der Waals surface area contributed by atoms with E-state index in [1.165, 1.54) is 6.20 Å². The Kier molecular flexibility index (Phi) is 4.26. The highest BCUT2D eigenvalue weighted by atomic mass is 16.5. The molecule has 128 valence electrons. The summed E-state index contributed by atoms with van der Waals surface area (Å²) in [6, 6.07) is 20.6. The number of benzene rings is 2. The molecule has 0 saturated heterocycles. The van der Waals surface area contributed by atoms with Crippen LogP contribution in [-0.2, 0) is 4.79 Å². The van der Waals surface area contributed by atoms with Gasteiger partial charge in [-0.3, -0.25) is 10.1 Å². The standard InChI is InChI=1S/C19H14N4O3/c24-17(21-19-23-22-18(25-19)15-11-12-20-26-15)16(13-7-3-1-4-8-13)14-9-5-2-6-10-14/h1-12,16H,(H,21,23,24). The Balaban J connectivity index is 1.61. The Morgan fingerprint density at radius 1 is 0.885 bits per heavy atom. The normalized spacial score (nSPS) is 10.8. The third-order valence-corrected chi connectivity index (χ3v) is 3.83. The molecule has 0 aliphatic carbocycles. The van der Waals surface area contributed by atoms with Crippen LogP contribution in [0.1, 0.15) is 17.0 Å². The highest BCUT2D eigenvalue weighted by molar-refractivity contribution is 5.96. The molecule has 0 bridgehead atoms. The molecule has 4 aromatic rings. The van der Waals surface area contributed by atoms with Crippen molar-refractivity contribution < 1.29 is 13.7 Å². The zero-order valence-corrected chi connectivity index (χ0v) is 13.6. The highest BCUT2D eigenvalue weighted by Gasteiger charge is 2.24. The number of anilines is 1. The van der Waals surface area contributed by atoms with Gasteiger partial charge >= 0.3 is 6.01 Å². The third kappa shape index (κ3) is 3.23. The Morgan fingerprint density at radius 2 is 1.54 bits per heavy atom. The van der Waals surface area contributed by atoms with Crippen LogP contribution in [0.2, 0.25) is 0 Å². The number of nitrogens with zero attached hydrogens (tertiary/aromatic N) is 3. The molecule has 1 N–H and O–H groups in total. The minimum Gasteiger partial charge on any atom is -0.400 e. The van der Waals surface area contributed by atoms with E-state index >= 15 is 0 Å². The fraction of sp³-hybridized carbons (Fsp3) is 0.0526. The molecule has 2 heterocycles. The van der Waals surface area contributed by atoms with Crippen molar-refractivity contribution in [2.24, 2.45) is 0 Å². The molecule has 0 fully saturated rings. The molecule has 0 radical (unpaired) electrons. The smallest absolute Gasteiger partial charge is 0.322 e. The first-order valence-electron chi connectivity index (χ1n) is 7.96. The van der Waals surface area contributed by atoms with E-state index in [0.717, 1.165) is 11.1 Å². The predicted octanol–water partition coefficient (Wildman–Crippen LogP) is 3.50. The van der Waals surface area contributed by atoms with Gasteiger partial charge in [0.1, 0.15) is 0 Å². The number of carbonyl (C=O) groups excluding carboxylic acids is 1. The van der Waals surface area contributed by atoms with Gasteiger partial charge in [0, 0.05) is 6.07 Å². The minimum atomic E-state index is -0.502. The first kappa shape index (κ1) is 15.8. The van der Waals surface area contributed by atoms with Crippen LogP contribution in [0, 0.1) is 0 Å². The fourth-order valence-electron chi connectivity index (χ4n) is 2.66. The second-order valence-corrected chi connectivity index (χ2v) is 5.53. The number of amides is 1. The summed E-state index contributed by atoms with van der Waals surface area (Å²) in [5, 5.41) is 14.0. The summed E-state index contributed by atoms with van der Waals surface area (Å²) in [4.78, 5) is 12.9. The monoisotopic (exact) mass is 346 g/mol. The predicted molar refractivity (Wildman–Crippen MR) is 93.2 cm³/mol. The van der Waals surface area contributed by atoms with E-state index in [2.05, 4.69) is 20.7 Å². The fourth-order valence-corrected chi connectivity index (χ4v) is 2.66. The molecule has 0 saturated carbocycles. The van der Waals surface area contributed by atoms with E-state index in [1.807, 2.05) is 60.7 Å². The van der Waals surface area contributed by atoms with Crippen LogP contribution in [-0.4, -0.2) is 21.3 Å². The van der Waals surface area contributed by atoms with Crippen molar-refractivity contribution in [2.45, 2.75) is 5.92 Å². The van der Waals surface area contributed by atoms with Crippen LogP contribution in [0.25, 0.3) is 11.7 Å². The van der Waals surface area contributed by atoms with Gasteiger partial charge in [-0.2, -0.15) is 0 Å². The maximum Gasteiger partial charge on any atom is 0.322 e. The van der Waals surface area contributed by atoms with Gasteiger partial charge in [0.25, 0.3) is 5.89 Å². The van der Waals surface area contributed by atoms with Crippen LogP contribution in [0.15, 0.2) is 81.9 Å². The third-order valence-electron chi connectivity index (χ3n) is 3.83. The molecule has 4 rings (SSSR count). The summed E-state index contributed by atoms with van der Waals surface area (Å²) in [7, 11) is 0. The van der Waals surface area contributed by atoms with Crippen LogP contribution in [0.5, 0.6) is 0 Å². The van der Waals surface area contributed by atoms with Gasteiger partial charge in [0.05, 0.1) is 12.1 Å². The number of hydrogen-bond donors (Lipinski definition) is 1. The number of hydrogen-bond acceptors (Lipinski definition) is 6. The lowest BCUT2D eigenvalue weighted by atomic mass is 9.90. The number of rotatable bonds is 5. The molecular weight excluding hydrogens is 332 g/mol. The summed E-state index contributed by atoms with van der Waals surface area (Å²) in [5.74, 6) is -0.289. The van der Waals surface area contributed by atoms with Gasteiger partial charge in [-0.1, -0.05) is 70.9 Å². The molecule has 2 aromatic heterocycles. The molecule has 0 spiro atoms. The first-order chi connectivity index (χ1) is 12.8. The number of carbonyl (C=O) groups is 1. The molecular formula is C19H14N4O3. The lowest BCUT2D eigenvalue weighted by molar-refractivity contribution is -0.116. The lowest BCUT2D eigenvalue weighted by Gasteiger charge is -2.16. The summed E-state index contributed by atoms with van der Waals surface area (Å²) < 4.78 is 10.4. The van der Waals surface area contributed by atoms with E-state index < -0.39 is 5.92 Å². The summed E-state index contributed by atoms with van der Waals surface area (Å²) in [5.41, 5.74) is 1.73. The zero-order chi connectivity index (χ0) is 17.8. The van der Waals surface area contributed by atoms with Crippen molar-refractivity contribution >= 4 is 11.9 Å². The molecule has 0 atom stereocenters. The maximum atomic E-state index is 12.9. The second-order valence-electron chi connectivity index (χ2n) is 5.53. The van der Waals surface area contributed by atoms with Gasteiger partial charge in [-0.05, 0) is 11.1 Å². The first-order valence-corrected chi connectivity index (χ1v) is 7.96. The topological polar surface area (TPSA) is 94.1 Å². The lowest BCUT2D eigenvalue weighted by Crippen LogP contribution is -2.22. The van der Waals surface area contributed by atoms with Crippen molar-refractivity contribution in [2.75, 3.05) is 5.32 Å². The van der Waals surface area contributed by atoms with E-state index in [9.17, 15) is 4.79 Å². The van der Waals surface area contributed by atoms with Crippen LogP contribution >= 0.6 is 0 Å². The number of nitrogens with one attached hydrogen (secondary N) is 1. The largest absolute Gasteiger partial charge is 0.400 e. The van der Waals surface area contributed by atoms with Gasteiger partial charge < -0.3 is 8.94 Å². The highest BCUT2D eigenvalue weighted by Crippen LogP contribution is 2.26. The van der Waals surface area contributed by atoms with Gasteiger partial charge in [-0.25, -0.2) is 0 Å². The van der Waals surface area contributed by atoms with Gasteiger partial charge in [-0.15, -0.1) is 5.10 Å². The molecule has 2 aromatic carbocycles. The average Bonchev–Trinajstić information content (AvgIpc) is 3.35. The van der Waals surface area contributed by atoms with E-state index in [0.29, 0.717) is 5.76 Å². The van der Waals surface area contributed by atoms with Crippen molar-refractivity contribution in [1.29, 1.82) is 0 Å². The zero-order valence-electron chi connectivity index (χ0n) is 13.6. The Labute approximate surface area is 148 Å². The molecule has 0 unspecified atom stereocenters. The van der Waals surface area contributed by atoms with Crippen LogP contribution in [0.4, 0.5) is 6.01 Å². The van der Waals surface area contributed by atoms with Crippen LogP contribution in [0.3, 0.4) is 0 Å². The molecule has 0 aliphatic heterocycles. The van der Waals surface area contributed by atoms with E-state index in [4.69, 9.17) is 8.94 Å². The SMILES string of the molecule is O=C(Nc1nnc(-c2ccno2)o1)C(c1ccccc1)c1ccccc1. The maximum absolute atomic E-state index is 12.9. The van der Waals surface area contributed by atoms with E-state index in [-0.39, 0.29) is 17.8 Å². The van der Waals surface area contributed by atoms with Crippen molar-refractivity contribution in [3.05, 3.63) is 84.1 Å². The van der Waals surface area contributed by atoms with Crippen molar-refractivity contribution in [1.82, 2.24) is 15.4 Å². The second kappa shape index (κ2) is 7.02. The van der Waals surface area contributed by atoms with E-state index in [1.54, 1.807) is 6.07 Å². The average molecular weight is 346 g/mol. The summed E-state index contributed by atoms with van der Waals surface area (Å²) in [6.07, 6.45) is 1.47. The molecule has 26 heavy (non-hydrogen) atoms. The Bertz CT molecular complexity index is 943. The molecule has 0 aliphatic rings. The molecule has 7 heteroatoms. The quantitative estimate of drug-likeness (QED) is 0.594. The Morgan fingerprint density at radius 3 is 2.12 bits per heavy atom. The number of aromatic nitrogens is 3. The minimum absolute atomic E-state index is 0.00161. The summed E-state index contributed by atoms with van der Waals surface area (Å²) >= 11 is 0. The van der Waals surface area contributed by atoms with Gasteiger partial charge in [0.15, 0.2) is 0 Å². The van der Waals surface area contributed by atoms with Crippen LogP contribution < -0.4 is 5.32 Å². The van der Waals surface area contributed by atoms with Crippen molar-refractivity contribution in [3.8, 4) is 11.7 Å². The molecule has 7 nitrogen and oxygen atoms in total. The summed E-state index contributed by atoms with van der Waals surface area (Å²) in [6.45, 7) is 0. The molecule has 1 amide bonds.